The molecule has 0 aromatic heterocycles. The predicted octanol–water partition coefficient (Wildman–Crippen LogP) is 2.90. The van der Waals surface area contributed by atoms with Gasteiger partial charge >= 0.3 is 14.5 Å². The van der Waals surface area contributed by atoms with Crippen LogP contribution in [-0.4, -0.2) is 14.5 Å². The zero-order chi connectivity index (χ0) is 8.81. The summed E-state index contributed by atoms with van der Waals surface area (Å²) in [7, 11) is 0. The quantitative estimate of drug-likeness (QED) is 0.642. The largest absolute Gasteiger partial charge is 0.642 e. The van der Waals surface area contributed by atoms with Crippen molar-refractivity contribution in [2.45, 2.75) is 24.4 Å². The highest BCUT2D eigenvalue weighted by Gasteiger charge is 2.17. The van der Waals surface area contributed by atoms with Gasteiger partial charge in [-0.2, -0.15) is 0 Å². The number of hydrogen-bond acceptors (Lipinski definition) is 1. The van der Waals surface area contributed by atoms with Crippen molar-refractivity contribution in [1.82, 2.24) is 0 Å². The zero-order valence-electron chi connectivity index (χ0n) is 7.71. The van der Waals surface area contributed by atoms with Crippen LogP contribution in [0.3, 0.4) is 0 Å². The lowest BCUT2D eigenvalue weighted by Gasteiger charge is -2.10. The van der Waals surface area contributed by atoms with Crippen LogP contribution in [0.2, 0.25) is 10.6 Å². The first-order valence-corrected chi connectivity index (χ1v) is 6.60. The molecule has 0 aliphatic rings. The molecule has 1 rings (SSSR count). The maximum Gasteiger partial charge on any atom is 0.546 e. The lowest BCUT2D eigenvalue weighted by Crippen LogP contribution is -2.18. The van der Waals surface area contributed by atoms with E-state index in [0.717, 1.165) is 5.75 Å². The fourth-order valence-corrected chi connectivity index (χ4v) is 2.50. The van der Waals surface area contributed by atoms with Gasteiger partial charge < -0.3 is 3.79 Å². The topological polar surface area (TPSA) is 9.23 Å². The Balaban J connectivity index is 2.51. The monoisotopic (exact) mass is 177 g/mol. The Kier molecular flexibility index (Phi) is 4.21. The highest BCUT2D eigenvalue weighted by molar-refractivity contribution is 6.52. The molecule has 0 aliphatic heterocycles. The van der Waals surface area contributed by atoms with E-state index >= 15 is 0 Å². The molecule has 0 unspecified atom stereocenters. The van der Waals surface area contributed by atoms with Gasteiger partial charge in [-0.05, 0) is 6.07 Å². The minimum Gasteiger partial charge on any atom is -0.642 e. The number of rotatable bonds is 4. The van der Waals surface area contributed by atoms with E-state index in [1.165, 1.54) is 10.6 Å². The second-order valence-corrected chi connectivity index (χ2v) is 5.90. The summed E-state index contributed by atoms with van der Waals surface area (Å²) in [6.45, 7) is 4.40. The van der Waals surface area contributed by atoms with Crippen LogP contribution < -0.4 is 3.79 Å². The molecule has 1 radical (unpaired) electrons. The molecule has 0 bridgehead atoms. The van der Waals surface area contributed by atoms with Crippen LogP contribution >= 0.6 is 0 Å². The highest BCUT2D eigenvalue weighted by Crippen LogP contribution is 2.11. The summed E-state index contributed by atoms with van der Waals surface area (Å²) < 4.78 is 5.80. The van der Waals surface area contributed by atoms with E-state index in [4.69, 9.17) is 3.79 Å². The summed E-state index contributed by atoms with van der Waals surface area (Å²) in [4.78, 5) is 0. The summed E-state index contributed by atoms with van der Waals surface area (Å²) in [6, 6.07) is 10.9. The number of hydrogen-bond donors (Lipinski definition) is 0. The van der Waals surface area contributed by atoms with Gasteiger partial charge in [0.25, 0.3) is 0 Å². The molecule has 63 valence electrons. The van der Waals surface area contributed by atoms with Gasteiger partial charge in [0, 0.05) is 6.07 Å². The Hall–Kier alpha value is -0.448. The van der Waals surface area contributed by atoms with Crippen LogP contribution in [-0.2, 0) is 0 Å². The van der Waals surface area contributed by atoms with E-state index in [2.05, 4.69) is 19.9 Å². The molecule has 0 aliphatic carbocycles. The van der Waals surface area contributed by atoms with Crippen molar-refractivity contribution in [3.63, 3.8) is 0 Å². The third kappa shape index (κ3) is 2.89. The Labute approximate surface area is 79.1 Å². The van der Waals surface area contributed by atoms with Gasteiger partial charge in [0.15, 0.2) is 0 Å². The van der Waals surface area contributed by atoms with Crippen molar-refractivity contribution in [1.29, 1.82) is 0 Å². The molecule has 1 aromatic rings. The minimum atomic E-state index is -0.950. The second kappa shape index (κ2) is 5.24. The van der Waals surface area contributed by atoms with Crippen molar-refractivity contribution in [2.24, 2.45) is 0 Å². The molecule has 0 saturated carbocycles. The van der Waals surface area contributed by atoms with E-state index in [-0.39, 0.29) is 0 Å². The first kappa shape index (κ1) is 9.64. The fourth-order valence-electron chi connectivity index (χ4n) is 1.09. The van der Waals surface area contributed by atoms with E-state index < -0.39 is 14.5 Å². The van der Waals surface area contributed by atoms with Crippen LogP contribution in [0.4, 0.5) is 0 Å². The molecule has 0 amide bonds. The molecule has 2 heteroatoms. The molecule has 0 heterocycles. The van der Waals surface area contributed by atoms with E-state index in [0.29, 0.717) is 0 Å². The van der Waals surface area contributed by atoms with Gasteiger partial charge in [-0.25, -0.2) is 0 Å². The third-order valence-corrected chi connectivity index (χ3v) is 4.29. The van der Waals surface area contributed by atoms with E-state index in [9.17, 15) is 0 Å². The van der Waals surface area contributed by atoms with Crippen molar-refractivity contribution < 1.29 is 3.79 Å². The lowest BCUT2D eigenvalue weighted by molar-refractivity contribution is 0.565. The molecular weight excluding hydrogens is 163 g/mol. The Morgan fingerprint density at radius 3 is 2.58 bits per heavy atom. The maximum absolute atomic E-state index is 5.80. The highest BCUT2D eigenvalue weighted by atomic mass is 27.2. The Morgan fingerprint density at radius 1 is 1.33 bits per heavy atom. The number of benzene rings is 1. The smallest absolute Gasteiger partial charge is 0.546 e. The normalized spacial score (nSPS) is 9.50. The second-order valence-electron chi connectivity index (χ2n) is 2.78. The van der Waals surface area contributed by atoms with E-state index in [1.807, 2.05) is 24.3 Å². The summed E-state index contributed by atoms with van der Waals surface area (Å²) in [5.74, 6) is 0.915. The Bertz CT molecular complexity index is 206. The van der Waals surface area contributed by atoms with Gasteiger partial charge in [0.05, 0.1) is 5.75 Å². The van der Waals surface area contributed by atoms with Gasteiger partial charge in [-0.3, -0.25) is 0 Å². The molecule has 1 aromatic carbocycles. The predicted molar refractivity (Wildman–Crippen MR) is 52.6 cm³/mol. The number of para-hydroxylation sites is 1. The standard InChI is InChI=1S/C6H5O.2C2H5.Al/c7-6-4-2-1-3-5-6;2*1-2;/h1-4,7H;2*1H2,2H3;/q;;;+1/p-1. The van der Waals surface area contributed by atoms with Gasteiger partial charge in [0.1, 0.15) is 0 Å². The molecule has 0 N–H and O–H groups in total. The van der Waals surface area contributed by atoms with Gasteiger partial charge in [-0.1, -0.05) is 42.6 Å². The van der Waals surface area contributed by atoms with Crippen molar-refractivity contribution >= 4 is 14.5 Å². The molecule has 1 nitrogen and oxygen atoms in total. The first-order chi connectivity index (χ1) is 5.86. The molecule has 0 saturated heterocycles. The average molecular weight is 177 g/mol. The van der Waals surface area contributed by atoms with Crippen LogP contribution in [0.1, 0.15) is 13.8 Å². The lowest BCUT2D eigenvalue weighted by atomic mass is 10.3. The van der Waals surface area contributed by atoms with Gasteiger partial charge in [0.2, 0.25) is 0 Å². The molecular formula is C10H14AlO. The van der Waals surface area contributed by atoms with Crippen molar-refractivity contribution in [3.8, 4) is 5.75 Å². The molecule has 12 heavy (non-hydrogen) atoms. The maximum atomic E-state index is 5.80. The van der Waals surface area contributed by atoms with Crippen LogP contribution in [0.5, 0.6) is 5.75 Å². The SMILES string of the molecule is C[CH2][Al]([CH2]C)[O]c1[c]cccc1. The van der Waals surface area contributed by atoms with Crippen molar-refractivity contribution in [2.75, 3.05) is 0 Å². The van der Waals surface area contributed by atoms with E-state index in [1.54, 1.807) is 0 Å². The minimum absolute atomic E-state index is 0.915. The molecule has 0 fully saturated rings. The summed E-state index contributed by atoms with van der Waals surface area (Å²) >= 11 is -0.950. The summed E-state index contributed by atoms with van der Waals surface area (Å²) in [5.41, 5.74) is 0. The van der Waals surface area contributed by atoms with Gasteiger partial charge in [-0.15, -0.1) is 0 Å². The molecule has 0 spiro atoms. The molecule has 0 atom stereocenters. The Morgan fingerprint density at radius 2 is 2.08 bits per heavy atom. The van der Waals surface area contributed by atoms with Crippen molar-refractivity contribution in [3.05, 3.63) is 30.3 Å². The van der Waals surface area contributed by atoms with Crippen LogP contribution in [0, 0.1) is 6.07 Å². The summed E-state index contributed by atoms with van der Waals surface area (Å²) in [6.07, 6.45) is 0. The average Bonchev–Trinajstić information content (AvgIpc) is 2.16. The van der Waals surface area contributed by atoms with Crippen LogP contribution in [0.15, 0.2) is 24.3 Å². The third-order valence-electron chi connectivity index (χ3n) is 1.88. The fraction of sp³-hybridized carbons (Fsp3) is 0.400. The van der Waals surface area contributed by atoms with Crippen LogP contribution in [0.25, 0.3) is 0 Å². The summed E-state index contributed by atoms with van der Waals surface area (Å²) in [5, 5.41) is 2.39. The first-order valence-electron chi connectivity index (χ1n) is 4.50. The zero-order valence-corrected chi connectivity index (χ0v) is 8.86.